The second-order valence-electron chi connectivity index (χ2n) is 3.56. The SMILES string of the molecule is Cc1nc(CNc2cc(F)c(Br)cc2N)cs1. The lowest BCUT2D eigenvalue weighted by Gasteiger charge is -2.09. The highest BCUT2D eigenvalue weighted by Gasteiger charge is 2.06. The molecule has 1 heterocycles. The molecule has 6 heteroatoms. The molecule has 0 aliphatic rings. The number of hydrogen-bond donors (Lipinski definition) is 2. The Morgan fingerprint density at radius 1 is 1.53 bits per heavy atom. The van der Waals surface area contributed by atoms with Gasteiger partial charge >= 0.3 is 0 Å². The Bertz CT molecular complexity index is 542. The maximum atomic E-state index is 13.3. The maximum absolute atomic E-state index is 13.3. The summed E-state index contributed by atoms with van der Waals surface area (Å²) in [7, 11) is 0. The minimum atomic E-state index is -0.337. The Hall–Kier alpha value is -1.14. The van der Waals surface area contributed by atoms with E-state index >= 15 is 0 Å². The number of nitrogens with zero attached hydrogens (tertiary/aromatic N) is 1. The number of hydrogen-bond acceptors (Lipinski definition) is 4. The molecular weight excluding hydrogens is 305 g/mol. The van der Waals surface area contributed by atoms with Crippen molar-refractivity contribution in [2.45, 2.75) is 13.5 Å². The average molecular weight is 316 g/mol. The number of halogens is 2. The first-order valence-corrected chi connectivity index (χ1v) is 6.63. The predicted molar refractivity (Wildman–Crippen MR) is 72.7 cm³/mol. The van der Waals surface area contributed by atoms with Gasteiger partial charge < -0.3 is 11.1 Å². The quantitative estimate of drug-likeness (QED) is 0.852. The van der Waals surface area contributed by atoms with Gasteiger partial charge in [-0.05, 0) is 28.9 Å². The normalized spacial score (nSPS) is 10.5. The molecule has 0 saturated heterocycles. The molecule has 3 N–H and O–H groups in total. The van der Waals surface area contributed by atoms with Crippen molar-refractivity contribution in [2.24, 2.45) is 0 Å². The largest absolute Gasteiger partial charge is 0.397 e. The minimum absolute atomic E-state index is 0.337. The predicted octanol–water partition coefficient (Wildman–Crippen LogP) is 3.55. The van der Waals surface area contributed by atoms with E-state index in [-0.39, 0.29) is 5.82 Å². The van der Waals surface area contributed by atoms with E-state index in [1.165, 1.54) is 6.07 Å². The summed E-state index contributed by atoms with van der Waals surface area (Å²) < 4.78 is 13.7. The molecule has 3 nitrogen and oxygen atoms in total. The van der Waals surface area contributed by atoms with E-state index in [4.69, 9.17) is 5.73 Å². The molecular formula is C11H11BrFN3S. The van der Waals surface area contributed by atoms with E-state index < -0.39 is 0 Å². The number of benzene rings is 1. The Balaban J connectivity index is 2.11. The lowest BCUT2D eigenvalue weighted by Crippen LogP contribution is -2.03. The third kappa shape index (κ3) is 2.95. The Kier molecular flexibility index (Phi) is 3.63. The van der Waals surface area contributed by atoms with Crippen LogP contribution in [0.15, 0.2) is 22.0 Å². The fraction of sp³-hybridized carbons (Fsp3) is 0.182. The van der Waals surface area contributed by atoms with Gasteiger partial charge in [0.25, 0.3) is 0 Å². The van der Waals surface area contributed by atoms with Crippen molar-refractivity contribution in [3.63, 3.8) is 0 Å². The number of thiazole rings is 1. The van der Waals surface area contributed by atoms with Crippen molar-refractivity contribution in [3.05, 3.63) is 38.5 Å². The van der Waals surface area contributed by atoms with Gasteiger partial charge in [-0.2, -0.15) is 0 Å². The fourth-order valence-electron chi connectivity index (χ4n) is 1.39. The summed E-state index contributed by atoms with van der Waals surface area (Å²) in [4.78, 5) is 4.31. The second-order valence-corrected chi connectivity index (χ2v) is 5.48. The van der Waals surface area contributed by atoms with Crippen LogP contribution in [0.3, 0.4) is 0 Å². The third-order valence-electron chi connectivity index (χ3n) is 2.22. The van der Waals surface area contributed by atoms with Gasteiger partial charge in [-0.15, -0.1) is 11.3 Å². The van der Waals surface area contributed by atoms with Crippen molar-refractivity contribution >= 4 is 38.6 Å². The monoisotopic (exact) mass is 315 g/mol. The molecule has 0 atom stereocenters. The summed E-state index contributed by atoms with van der Waals surface area (Å²) in [5.41, 5.74) is 7.79. The summed E-state index contributed by atoms with van der Waals surface area (Å²) in [5.74, 6) is -0.337. The molecule has 0 spiro atoms. The Morgan fingerprint density at radius 3 is 2.94 bits per heavy atom. The zero-order valence-corrected chi connectivity index (χ0v) is 11.5. The van der Waals surface area contributed by atoms with Gasteiger partial charge in [0.15, 0.2) is 0 Å². The molecule has 0 fully saturated rings. The van der Waals surface area contributed by atoms with Crippen LogP contribution in [-0.4, -0.2) is 4.98 Å². The first kappa shape index (κ1) is 12.3. The van der Waals surface area contributed by atoms with Crippen LogP contribution in [0, 0.1) is 12.7 Å². The topological polar surface area (TPSA) is 50.9 Å². The molecule has 1 aromatic heterocycles. The van der Waals surface area contributed by atoms with Gasteiger partial charge in [0.1, 0.15) is 5.82 Å². The summed E-state index contributed by atoms with van der Waals surface area (Å²) in [6.45, 7) is 2.48. The number of nitrogens with one attached hydrogen (secondary N) is 1. The second kappa shape index (κ2) is 5.01. The smallest absolute Gasteiger partial charge is 0.139 e. The summed E-state index contributed by atoms with van der Waals surface area (Å²) in [6, 6.07) is 2.92. The fourth-order valence-corrected chi connectivity index (χ4v) is 2.36. The molecule has 0 amide bonds. The molecule has 0 aliphatic heterocycles. The van der Waals surface area contributed by atoms with Crippen molar-refractivity contribution < 1.29 is 4.39 Å². The first-order chi connectivity index (χ1) is 8.06. The Labute approximate surface area is 111 Å². The number of aromatic nitrogens is 1. The van der Waals surface area contributed by atoms with Crippen molar-refractivity contribution in [1.82, 2.24) is 4.98 Å². The van der Waals surface area contributed by atoms with Gasteiger partial charge in [-0.1, -0.05) is 0 Å². The van der Waals surface area contributed by atoms with Crippen LogP contribution in [0.5, 0.6) is 0 Å². The van der Waals surface area contributed by atoms with E-state index in [0.29, 0.717) is 22.4 Å². The molecule has 90 valence electrons. The third-order valence-corrected chi connectivity index (χ3v) is 3.65. The maximum Gasteiger partial charge on any atom is 0.139 e. The number of anilines is 2. The van der Waals surface area contributed by atoms with Gasteiger partial charge in [-0.3, -0.25) is 0 Å². The van der Waals surface area contributed by atoms with Crippen LogP contribution in [-0.2, 0) is 6.54 Å². The zero-order valence-electron chi connectivity index (χ0n) is 9.13. The van der Waals surface area contributed by atoms with Crippen LogP contribution in [0.2, 0.25) is 0 Å². The number of nitrogen functional groups attached to an aromatic ring is 1. The summed E-state index contributed by atoms with van der Waals surface area (Å²) in [6.07, 6.45) is 0. The van der Waals surface area contributed by atoms with Gasteiger partial charge in [0, 0.05) is 11.4 Å². The molecule has 0 unspecified atom stereocenters. The average Bonchev–Trinajstić information content (AvgIpc) is 2.68. The van der Waals surface area contributed by atoms with Crippen molar-refractivity contribution in [2.75, 3.05) is 11.1 Å². The molecule has 2 aromatic rings. The highest BCUT2D eigenvalue weighted by atomic mass is 79.9. The Morgan fingerprint density at radius 2 is 2.29 bits per heavy atom. The van der Waals surface area contributed by atoms with Crippen LogP contribution in [0.4, 0.5) is 15.8 Å². The van der Waals surface area contributed by atoms with E-state index in [0.717, 1.165) is 10.7 Å². The summed E-state index contributed by atoms with van der Waals surface area (Å²) in [5, 5.41) is 6.05. The van der Waals surface area contributed by atoms with Gasteiger partial charge in [-0.25, -0.2) is 9.37 Å². The van der Waals surface area contributed by atoms with E-state index in [2.05, 4.69) is 26.2 Å². The van der Waals surface area contributed by atoms with Crippen LogP contribution in [0.25, 0.3) is 0 Å². The minimum Gasteiger partial charge on any atom is -0.397 e. The van der Waals surface area contributed by atoms with Crippen LogP contribution in [0.1, 0.15) is 10.7 Å². The van der Waals surface area contributed by atoms with Crippen LogP contribution >= 0.6 is 27.3 Å². The highest BCUT2D eigenvalue weighted by molar-refractivity contribution is 9.10. The number of aryl methyl sites for hydroxylation is 1. The number of nitrogens with two attached hydrogens (primary N) is 1. The molecule has 0 bridgehead atoms. The molecule has 17 heavy (non-hydrogen) atoms. The van der Waals surface area contributed by atoms with Crippen molar-refractivity contribution in [1.29, 1.82) is 0 Å². The highest BCUT2D eigenvalue weighted by Crippen LogP contribution is 2.26. The van der Waals surface area contributed by atoms with Crippen LogP contribution < -0.4 is 11.1 Å². The molecule has 2 rings (SSSR count). The molecule has 0 saturated carbocycles. The van der Waals surface area contributed by atoms with Crippen molar-refractivity contribution in [3.8, 4) is 0 Å². The zero-order chi connectivity index (χ0) is 12.4. The van der Waals surface area contributed by atoms with E-state index in [1.807, 2.05) is 12.3 Å². The van der Waals surface area contributed by atoms with E-state index in [9.17, 15) is 4.39 Å². The lowest BCUT2D eigenvalue weighted by molar-refractivity contribution is 0.622. The molecule has 1 aromatic carbocycles. The van der Waals surface area contributed by atoms with E-state index in [1.54, 1.807) is 17.4 Å². The lowest BCUT2D eigenvalue weighted by atomic mass is 10.2. The summed E-state index contributed by atoms with van der Waals surface area (Å²) >= 11 is 4.67. The first-order valence-electron chi connectivity index (χ1n) is 4.95. The van der Waals surface area contributed by atoms with Gasteiger partial charge in [0.05, 0.1) is 33.1 Å². The van der Waals surface area contributed by atoms with Gasteiger partial charge in [0.2, 0.25) is 0 Å². The number of rotatable bonds is 3. The standard InChI is InChI=1S/C11H11BrFN3S/c1-6-16-7(5-17-6)4-15-11-3-9(13)8(12)2-10(11)14/h2-3,5,15H,4,14H2,1H3. The molecule has 0 aliphatic carbocycles. The molecule has 0 radical (unpaired) electrons.